The van der Waals surface area contributed by atoms with Gasteiger partial charge < -0.3 is 14.4 Å². The number of morpholine rings is 1. The van der Waals surface area contributed by atoms with Crippen molar-refractivity contribution in [2.75, 3.05) is 19.7 Å². The van der Waals surface area contributed by atoms with E-state index < -0.39 is 0 Å². The minimum absolute atomic E-state index is 0.0923. The molecule has 1 aromatic rings. The maximum Gasteiger partial charge on any atom is 0.223 e. The van der Waals surface area contributed by atoms with Gasteiger partial charge in [0.25, 0.3) is 0 Å². The van der Waals surface area contributed by atoms with Crippen LogP contribution in [0.4, 0.5) is 0 Å². The van der Waals surface area contributed by atoms with Gasteiger partial charge in [0.1, 0.15) is 5.75 Å². The fourth-order valence-electron chi connectivity index (χ4n) is 3.61. The minimum Gasteiger partial charge on any atom is -0.493 e. The van der Waals surface area contributed by atoms with Gasteiger partial charge in [-0.3, -0.25) is 4.79 Å². The van der Waals surface area contributed by atoms with E-state index in [1.54, 1.807) is 0 Å². The molecular weight excluding hydrogens is 278 g/mol. The number of benzene rings is 1. The number of nitrogens with zero attached hydrogens (tertiary/aromatic N) is 1. The Bertz CT molecular complexity index is 555. The highest BCUT2D eigenvalue weighted by Gasteiger charge is 2.35. The van der Waals surface area contributed by atoms with E-state index in [-0.39, 0.29) is 23.5 Å². The maximum atomic E-state index is 12.7. The quantitative estimate of drug-likeness (QED) is 0.843. The molecule has 0 radical (unpaired) electrons. The average Bonchev–Trinajstić information content (AvgIpc) is 2.45. The van der Waals surface area contributed by atoms with Gasteiger partial charge in [-0.25, -0.2) is 0 Å². The van der Waals surface area contributed by atoms with Gasteiger partial charge in [-0.05, 0) is 44.7 Å². The van der Waals surface area contributed by atoms with Crippen LogP contribution in [0, 0.1) is 0 Å². The Kier molecular flexibility index (Phi) is 4.13. The minimum atomic E-state index is -0.263. The van der Waals surface area contributed by atoms with Crippen LogP contribution in [-0.4, -0.2) is 42.2 Å². The molecule has 1 aromatic carbocycles. The van der Waals surface area contributed by atoms with E-state index in [0.29, 0.717) is 26.1 Å². The number of amides is 1. The fourth-order valence-corrected chi connectivity index (χ4v) is 3.61. The van der Waals surface area contributed by atoms with E-state index in [0.717, 1.165) is 12.2 Å². The molecule has 2 aliphatic heterocycles. The highest BCUT2D eigenvalue weighted by Crippen LogP contribution is 2.36. The van der Waals surface area contributed by atoms with Gasteiger partial charge in [0.2, 0.25) is 5.91 Å². The Hall–Kier alpha value is -1.55. The van der Waals surface area contributed by atoms with Crippen LogP contribution in [0.5, 0.6) is 5.75 Å². The molecule has 0 aliphatic carbocycles. The second kappa shape index (κ2) is 5.92. The maximum absolute atomic E-state index is 12.7. The van der Waals surface area contributed by atoms with Crippen LogP contribution in [-0.2, 0) is 9.53 Å². The smallest absolute Gasteiger partial charge is 0.223 e. The number of carbonyl (C=O) groups is 1. The molecule has 120 valence electrons. The van der Waals surface area contributed by atoms with Crippen molar-refractivity contribution in [3.05, 3.63) is 29.8 Å². The van der Waals surface area contributed by atoms with Crippen molar-refractivity contribution in [2.45, 2.75) is 51.2 Å². The summed E-state index contributed by atoms with van der Waals surface area (Å²) in [6.45, 7) is 8.18. The zero-order valence-corrected chi connectivity index (χ0v) is 13.7. The SMILES string of the molecule is CC1CN(C(=O)CC2CCOc3ccccc32)CC(C)(C)O1. The van der Waals surface area contributed by atoms with Gasteiger partial charge in [0.15, 0.2) is 0 Å². The Labute approximate surface area is 132 Å². The largest absolute Gasteiger partial charge is 0.493 e. The summed E-state index contributed by atoms with van der Waals surface area (Å²) in [5.74, 6) is 1.42. The van der Waals surface area contributed by atoms with E-state index in [1.165, 1.54) is 5.56 Å². The highest BCUT2D eigenvalue weighted by atomic mass is 16.5. The van der Waals surface area contributed by atoms with E-state index in [9.17, 15) is 4.79 Å². The Morgan fingerprint density at radius 2 is 2.14 bits per heavy atom. The first kappa shape index (κ1) is 15.3. The molecule has 2 unspecified atom stereocenters. The second-order valence-electron chi connectivity index (χ2n) is 7.04. The van der Waals surface area contributed by atoms with Crippen molar-refractivity contribution in [3.63, 3.8) is 0 Å². The molecule has 4 heteroatoms. The molecule has 0 bridgehead atoms. The third-order valence-corrected chi connectivity index (χ3v) is 4.43. The Morgan fingerprint density at radius 1 is 1.36 bits per heavy atom. The highest BCUT2D eigenvalue weighted by molar-refractivity contribution is 5.77. The summed E-state index contributed by atoms with van der Waals surface area (Å²) in [5.41, 5.74) is 0.906. The number of para-hydroxylation sites is 1. The molecule has 22 heavy (non-hydrogen) atoms. The van der Waals surface area contributed by atoms with Gasteiger partial charge in [0, 0.05) is 19.5 Å². The summed E-state index contributed by atoms with van der Waals surface area (Å²) in [4.78, 5) is 14.7. The van der Waals surface area contributed by atoms with Gasteiger partial charge >= 0.3 is 0 Å². The first-order valence-electron chi connectivity index (χ1n) is 8.12. The van der Waals surface area contributed by atoms with Crippen molar-refractivity contribution >= 4 is 5.91 Å². The molecule has 2 heterocycles. The van der Waals surface area contributed by atoms with Crippen LogP contribution < -0.4 is 4.74 Å². The number of carbonyl (C=O) groups excluding carboxylic acids is 1. The normalized spacial score (nSPS) is 27.0. The van der Waals surface area contributed by atoms with E-state index in [2.05, 4.69) is 6.07 Å². The second-order valence-corrected chi connectivity index (χ2v) is 7.04. The van der Waals surface area contributed by atoms with Gasteiger partial charge in [-0.2, -0.15) is 0 Å². The lowest BCUT2D eigenvalue weighted by molar-refractivity contribution is -0.158. The van der Waals surface area contributed by atoms with Crippen LogP contribution in [0.15, 0.2) is 24.3 Å². The number of rotatable bonds is 2. The van der Waals surface area contributed by atoms with E-state index in [1.807, 2.05) is 43.9 Å². The zero-order chi connectivity index (χ0) is 15.7. The predicted molar refractivity (Wildman–Crippen MR) is 85.1 cm³/mol. The molecule has 0 aromatic heterocycles. The molecule has 4 nitrogen and oxygen atoms in total. The zero-order valence-electron chi connectivity index (χ0n) is 13.7. The lowest BCUT2D eigenvalue weighted by atomic mass is 9.89. The van der Waals surface area contributed by atoms with Crippen LogP contribution in [0.3, 0.4) is 0 Å². The molecule has 3 rings (SSSR count). The third kappa shape index (κ3) is 3.27. The van der Waals surface area contributed by atoms with Crippen molar-refractivity contribution in [1.82, 2.24) is 4.90 Å². The monoisotopic (exact) mass is 303 g/mol. The van der Waals surface area contributed by atoms with E-state index in [4.69, 9.17) is 9.47 Å². The Morgan fingerprint density at radius 3 is 2.91 bits per heavy atom. The summed E-state index contributed by atoms with van der Waals surface area (Å²) in [6, 6.07) is 8.07. The van der Waals surface area contributed by atoms with Crippen LogP contribution in [0.2, 0.25) is 0 Å². The summed E-state index contributed by atoms with van der Waals surface area (Å²) in [5, 5.41) is 0. The van der Waals surface area contributed by atoms with Gasteiger partial charge in [-0.1, -0.05) is 18.2 Å². The van der Waals surface area contributed by atoms with Crippen molar-refractivity contribution < 1.29 is 14.3 Å². The molecule has 1 saturated heterocycles. The van der Waals surface area contributed by atoms with E-state index >= 15 is 0 Å². The summed E-state index contributed by atoms with van der Waals surface area (Å²) < 4.78 is 11.6. The lowest BCUT2D eigenvalue weighted by Crippen LogP contribution is -2.54. The van der Waals surface area contributed by atoms with Gasteiger partial charge in [-0.15, -0.1) is 0 Å². The van der Waals surface area contributed by atoms with Crippen LogP contribution >= 0.6 is 0 Å². The number of hydrogen-bond donors (Lipinski definition) is 0. The molecule has 0 saturated carbocycles. The van der Waals surface area contributed by atoms with Crippen molar-refractivity contribution in [1.29, 1.82) is 0 Å². The fraction of sp³-hybridized carbons (Fsp3) is 0.611. The third-order valence-electron chi connectivity index (χ3n) is 4.43. The summed E-state index contributed by atoms with van der Waals surface area (Å²) in [6.07, 6.45) is 1.56. The molecule has 1 amide bonds. The van der Waals surface area contributed by atoms with Crippen LogP contribution in [0.1, 0.15) is 45.1 Å². The standard InChI is InChI=1S/C18H25NO3/c1-13-11-19(12-18(2,3)22-13)17(20)10-14-8-9-21-16-7-5-4-6-15(14)16/h4-7,13-14H,8-12H2,1-3H3. The molecule has 0 N–H and O–H groups in total. The molecular formula is C18H25NO3. The first-order chi connectivity index (χ1) is 10.4. The summed E-state index contributed by atoms with van der Waals surface area (Å²) in [7, 11) is 0. The number of ether oxygens (including phenoxy) is 2. The van der Waals surface area contributed by atoms with Crippen molar-refractivity contribution in [2.24, 2.45) is 0 Å². The Balaban J connectivity index is 1.70. The van der Waals surface area contributed by atoms with Crippen LogP contribution in [0.25, 0.3) is 0 Å². The lowest BCUT2D eigenvalue weighted by Gasteiger charge is -2.42. The topological polar surface area (TPSA) is 38.8 Å². The molecule has 0 spiro atoms. The predicted octanol–water partition coefficient (Wildman–Crippen LogP) is 2.97. The number of hydrogen-bond acceptors (Lipinski definition) is 3. The molecule has 1 fully saturated rings. The first-order valence-corrected chi connectivity index (χ1v) is 8.12. The number of fused-ring (bicyclic) bond motifs is 1. The van der Waals surface area contributed by atoms with Gasteiger partial charge in [0.05, 0.1) is 18.3 Å². The molecule has 2 aliphatic rings. The summed E-state index contributed by atoms with van der Waals surface area (Å²) >= 11 is 0. The molecule has 2 atom stereocenters. The average molecular weight is 303 g/mol. The van der Waals surface area contributed by atoms with Crippen molar-refractivity contribution in [3.8, 4) is 5.75 Å².